The number of aliphatic carboxylic acids is 1. The summed E-state index contributed by atoms with van der Waals surface area (Å²) in [6.07, 6.45) is -1.78. The Morgan fingerprint density at radius 3 is 2.73 bits per heavy atom. The number of benzene rings is 1. The summed E-state index contributed by atoms with van der Waals surface area (Å²) in [5.41, 5.74) is -0.119. The second kappa shape index (κ2) is 4.65. The number of aliphatic hydroxyl groups is 1. The van der Waals surface area contributed by atoms with E-state index in [1.54, 1.807) is 6.92 Å². The molecule has 1 rings (SSSR count). The van der Waals surface area contributed by atoms with Crippen LogP contribution < -0.4 is 4.74 Å². The average Bonchev–Trinajstić information content (AvgIpc) is 2.17. The number of ether oxygens (including phenoxy) is 1. The molecule has 0 saturated carbocycles. The highest BCUT2D eigenvalue weighted by atomic mass is 16.5. The van der Waals surface area contributed by atoms with Crippen LogP contribution in [0.3, 0.4) is 0 Å². The van der Waals surface area contributed by atoms with Gasteiger partial charge in [0.15, 0.2) is 6.10 Å². The quantitative estimate of drug-likeness (QED) is 0.690. The molecule has 82 valence electrons. The number of hydrogen-bond donors (Lipinski definition) is 3. The minimum Gasteiger partial charge on any atom is -0.507 e. The summed E-state index contributed by atoms with van der Waals surface area (Å²) in [4.78, 5) is 10.6. The van der Waals surface area contributed by atoms with E-state index < -0.39 is 12.1 Å². The second-order valence-corrected chi connectivity index (χ2v) is 2.86. The maximum atomic E-state index is 10.6. The molecular formula is C10H12O5. The zero-order chi connectivity index (χ0) is 11.4. The number of phenols is 1. The molecule has 0 radical (unpaired) electrons. The van der Waals surface area contributed by atoms with Crippen molar-refractivity contribution in [3.05, 3.63) is 23.8 Å². The molecule has 5 heteroatoms. The summed E-state index contributed by atoms with van der Waals surface area (Å²) in [6.45, 7) is 2.05. The van der Waals surface area contributed by atoms with Crippen molar-refractivity contribution in [2.24, 2.45) is 0 Å². The number of aromatic hydroxyl groups is 1. The maximum Gasteiger partial charge on any atom is 0.337 e. The number of carbonyl (C=O) groups is 1. The lowest BCUT2D eigenvalue weighted by Gasteiger charge is -2.13. The number of rotatable bonds is 4. The zero-order valence-corrected chi connectivity index (χ0v) is 8.17. The fourth-order valence-corrected chi connectivity index (χ4v) is 1.21. The lowest BCUT2D eigenvalue weighted by atomic mass is 10.1. The van der Waals surface area contributed by atoms with E-state index in [9.17, 15) is 15.0 Å². The zero-order valence-electron chi connectivity index (χ0n) is 8.17. The molecule has 0 aliphatic carbocycles. The van der Waals surface area contributed by atoms with E-state index in [2.05, 4.69) is 0 Å². The predicted octanol–water partition coefficient (Wildman–Crippen LogP) is 0.909. The van der Waals surface area contributed by atoms with Crippen molar-refractivity contribution in [2.45, 2.75) is 13.0 Å². The first kappa shape index (κ1) is 11.3. The van der Waals surface area contributed by atoms with Gasteiger partial charge in [0.05, 0.1) is 12.2 Å². The third-order valence-corrected chi connectivity index (χ3v) is 1.85. The molecule has 5 nitrogen and oxygen atoms in total. The van der Waals surface area contributed by atoms with Gasteiger partial charge in [-0.1, -0.05) is 6.07 Å². The van der Waals surface area contributed by atoms with Gasteiger partial charge >= 0.3 is 5.97 Å². The monoisotopic (exact) mass is 212 g/mol. The molecule has 0 bridgehead atoms. The van der Waals surface area contributed by atoms with Gasteiger partial charge in [0, 0.05) is 0 Å². The van der Waals surface area contributed by atoms with Crippen LogP contribution in [0.4, 0.5) is 0 Å². The first-order valence-electron chi connectivity index (χ1n) is 4.43. The molecule has 1 aromatic carbocycles. The van der Waals surface area contributed by atoms with E-state index in [4.69, 9.17) is 9.84 Å². The fourth-order valence-electron chi connectivity index (χ4n) is 1.21. The van der Waals surface area contributed by atoms with Crippen molar-refractivity contribution in [1.82, 2.24) is 0 Å². The van der Waals surface area contributed by atoms with Crippen molar-refractivity contribution in [3.63, 3.8) is 0 Å². The van der Waals surface area contributed by atoms with E-state index in [1.807, 2.05) is 0 Å². The largest absolute Gasteiger partial charge is 0.507 e. The Balaban J connectivity index is 3.17. The third kappa shape index (κ3) is 2.38. The number of carboxylic acids is 1. The number of aliphatic hydroxyl groups excluding tert-OH is 1. The molecule has 1 aromatic rings. The molecule has 0 aliphatic heterocycles. The molecular weight excluding hydrogens is 200 g/mol. The number of hydrogen-bond acceptors (Lipinski definition) is 4. The SMILES string of the molecule is CCOc1cccc(O)c1C(O)C(=O)O. The second-order valence-electron chi connectivity index (χ2n) is 2.86. The Morgan fingerprint density at radius 1 is 1.53 bits per heavy atom. The van der Waals surface area contributed by atoms with Crippen LogP contribution in [0.1, 0.15) is 18.6 Å². The molecule has 1 atom stereocenters. The van der Waals surface area contributed by atoms with Crippen LogP contribution in [0.15, 0.2) is 18.2 Å². The van der Waals surface area contributed by atoms with Gasteiger partial charge in [-0.05, 0) is 19.1 Å². The minimum atomic E-state index is -1.78. The van der Waals surface area contributed by atoms with Gasteiger partial charge in [-0.2, -0.15) is 0 Å². The Labute approximate surface area is 86.5 Å². The van der Waals surface area contributed by atoms with Gasteiger partial charge in [0.2, 0.25) is 0 Å². The molecule has 15 heavy (non-hydrogen) atoms. The summed E-state index contributed by atoms with van der Waals surface area (Å²) in [5.74, 6) is -1.55. The molecule has 0 aliphatic rings. The Kier molecular flexibility index (Phi) is 3.51. The molecule has 3 N–H and O–H groups in total. The van der Waals surface area contributed by atoms with E-state index in [0.29, 0.717) is 6.61 Å². The van der Waals surface area contributed by atoms with Gasteiger partial charge in [-0.15, -0.1) is 0 Å². The van der Waals surface area contributed by atoms with E-state index in [-0.39, 0.29) is 17.1 Å². The third-order valence-electron chi connectivity index (χ3n) is 1.85. The van der Waals surface area contributed by atoms with Crippen LogP contribution >= 0.6 is 0 Å². The Bertz CT molecular complexity index is 361. The first-order chi connectivity index (χ1) is 7.07. The van der Waals surface area contributed by atoms with Crippen LogP contribution in [0, 0.1) is 0 Å². The van der Waals surface area contributed by atoms with Gasteiger partial charge in [0.25, 0.3) is 0 Å². The normalized spacial score (nSPS) is 12.1. The first-order valence-corrected chi connectivity index (χ1v) is 4.43. The molecule has 0 spiro atoms. The van der Waals surface area contributed by atoms with Crippen molar-refractivity contribution >= 4 is 5.97 Å². The number of phenolic OH excluding ortho intramolecular Hbond substituents is 1. The van der Waals surface area contributed by atoms with Crippen LogP contribution in [0.5, 0.6) is 11.5 Å². The summed E-state index contributed by atoms with van der Waals surface area (Å²) in [7, 11) is 0. The summed E-state index contributed by atoms with van der Waals surface area (Å²) >= 11 is 0. The predicted molar refractivity (Wildman–Crippen MR) is 51.9 cm³/mol. The lowest BCUT2D eigenvalue weighted by molar-refractivity contribution is -0.147. The van der Waals surface area contributed by atoms with Crippen molar-refractivity contribution in [1.29, 1.82) is 0 Å². The molecule has 0 heterocycles. The van der Waals surface area contributed by atoms with Crippen molar-refractivity contribution < 1.29 is 24.9 Å². The van der Waals surface area contributed by atoms with Crippen LogP contribution in [-0.2, 0) is 4.79 Å². The Morgan fingerprint density at radius 2 is 2.20 bits per heavy atom. The highest BCUT2D eigenvalue weighted by molar-refractivity contribution is 5.76. The van der Waals surface area contributed by atoms with Crippen LogP contribution in [0.2, 0.25) is 0 Å². The van der Waals surface area contributed by atoms with Crippen molar-refractivity contribution in [3.8, 4) is 11.5 Å². The highest BCUT2D eigenvalue weighted by Gasteiger charge is 2.23. The minimum absolute atomic E-state index is 0.119. The molecule has 0 aromatic heterocycles. The maximum absolute atomic E-state index is 10.6. The van der Waals surface area contributed by atoms with Crippen LogP contribution in [-0.4, -0.2) is 27.9 Å². The van der Waals surface area contributed by atoms with Gasteiger partial charge in [-0.3, -0.25) is 0 Å². The molecule has 0 saturated heterocycles. The highest BCUT2D eigenvalue weighted by Crippen LogP contribution is 2.33. The summed E-state index contributed by atoms with van der Waals surface area (Å²) < 4.78 is 5.11. The van der Waals surface area contributed by atoms with Crippen LogP contribution in [0.25, 0.3) is 0 Å². The fraction of sp³-hybridized carbons (Fsp3) is 0.300. The van der Waals surface area contributed by atoms with Crippen molar-refractivity contribution in [2.75, 3.05) is 6.61 Å². The Hall–Kier alpha value is -1.75. The van der Waals surface area contributed by atoms with E-state index >= 15 is 0 Å². The molecule has 0 fully saturated rings. The van der Waals surface area contributed by atoms with Gasteiger partial charge in [0.1, 0.15) is 11.5 Å². The van der Waals surface area contributed by atoms with Gasteiger partial charge in [-0.25, -0.2) is 4.79 Å². The molecule has 1 unspecified atom stereocenters. The lowest BCUT2D eigenvalue weighted by Crippen LogP contribution is -2.12. The van der Waals surface area contributed by atoms with E-state index in [0.717, 1.165) is 0 Å². The van der Waals surface area contributed by atoms with E-state index in [1.165, 1.54) is 18.2 Å². The standard InChI is InChI=1S/C10H12O5/c1-2-15-7-5-3-4-6(11)8(7)9(12)10(13)14/h3-5,9,11-12H,2H2,1H3,(H,13,14). The summed E-state index contributed by atoms with van der Waals surface area (Å²) in [6, 6.07) is 4.30. The van der Waals surface area contributed by atoms with Gasteiger partial charge < -0.3 is 20.1 Å². The summed E-state index contributed by atoms with van der Waals surface area (Å²) in [5, 5.41) is 27.4. The number of carboxylic acid groups (broad SMARTS) is 1. The molecule has 0 amide bonds. The smallest absolute Gasteiger partial charge is 0.337 e. The average molecular weight is 212 g/mol. The topological polar surface area (TPSA) is 87.0 Å².